The monoisotopic (exact) mass is 535 g/mol. The summed E-state index contributed by atoms with van der Waals surface area (Å²) < 4.78 is 37.9. The Bertz CT molecular complexity index is 1250. The third-order valence-corrected chi connectivity index (χ3v) is 7.16. The standard InChI is InChI=1S/C25H28ClFN4O6/c1-25(2,33)10-36-12-5-11-3-4-15(19(11)14(27)6-12)28-22-13(26)7-16-23(30-22)31-24(29-16)37-18-9-35-20-17(32)8-34-21(18)20/h5-7,15,17-18,20-21,32-33H,3-4,8-10H2,1-2H3,(H2,28,29,30,31)/p+1/t15?,17-,18-,20?,21?/m1/s1. The van der Waals surface area contributed by atoms with Crippen molar-refractivity contribution < 1.29 is 38.9 Å². The number of hydrogen-bond acceptors (Lipinski definition) is 9. The van der Waals surface area contributed by atoms with Crippen LogP contribution in [0.5, 0.6) is 5.75 Å². The Morgan fingerprint density at radius 3 is 2.86 bits per heavy atom. The zero-order valence-corrected chi connectivity index (χ0v) is 21.2. The maximum Gasteiger partial charge on any atom is 0.403 e. The lowest BCUT2D eigenvalue weighted by molar-refractivity contribution is -0.465. The molecule has 4 aliphatic rings. The van der Waals surface area contributed by atoms with Crippen molar-refractivity contribution in [1.29, 1.82) is 0 Å². The summed E-state index contributed by atoms with van der Waals surface area (Å²) in [5.41, 5.74) is 0.969. The average Bonchev–Trinajstić information content (AvgIpc) is 3.59. The summed E-state index contributed by atoms with van der Waals surface area (Å²) in [5, 5.41) is 25.2. The summed E-state index contributed by atoms with van der Waals surface area (Å²) in [6, 6.07) is 4.92. The van der Waals surface area contributed by atoms with Gasteiger partial charge in [-0.05, 0) is 44.4 Å². The normalized spacial score (nSPS) is 28.1. The molecule has 3 unspecified atom stereocenters. The molecule has 198 valence electrons. The van der Waals surface area contributed by atoms with Gasteiger partial charge in [-0.1, -0.05) is 11.6 Å². The minimum Gasteiger partial charge on any atom is -0.491 e. The quantitative estimate of drug-likeness (QED) is 0.441. The number of hydrogen-bond donors (Lipinski definition) is 4. The first-order valence-electron chi connectivity index (χ1n) is 12.3. The number of halogens is 2. The number of quaternary nitrogens is 1. The molecule has 10 nitrogen and oxygen atoms in total. The molecule has 3 aliphatic heterocycles. The first-order valence-corrected chi connectivity index (χ1v) is 12.7. The third kappa shape index (κ3) is 4.87. The number of pyridine rings is 1. The van der Waals surface area contributed by atoms with Gasteiger partial charge in [0.15, 0.2) is 17.6 Å². The van der Waals surface area contributed by atoms with Crippen molar-refractivity contribution in [3.8, 4) is 5.75 Å². The van der Waals surface area contributed by atoms with Gasteiger partial charge in [-0.3, -0.25) is 0 Å². The van der Waals surface area contributed by atoms with E-state index in [-0.39, 0.29) is 37.3 Å². The van der Waals surface area contributed by atoms with E-state index in [0.29, 0.717) is 59.1 Å². The number of aliphatic hydroxyl groups excluding tert-OH is 1. The van der Waals surface area contributed by atoms with Gasteiger partial charge in [0, 0.05) is 11.6 Å². The van der Waals surface area contributed by atoms with Crippen LogP contribution in [-0.2, 0) is 20.6 Å². The van der Waals surface area contributed by atoms with Crippen LogP contribution >= 0.6 is 11.6 Å². The highest BCUT2D eigenvalue weighted by atomic mass is 35.5. The molecule has 4 heterocycles. The van der Waals surface area contributed by atoms with Crippen LogP contribution in [0.3, 0.4) is 0 Å². The molecule has 6 rings (SSSR count). The highest BCUT2D eigenvalue weighted by Gasteiger charge is 2.49. The van der Waals surface area contributed by atoms with Crippen molar-refractivity contribution in [2.45, 2.75) is 62.7 Å². The van der Waals surface area contributed by atoms with Crippen molar-refractivity contribution in [1.82, 2.24) is 4.98 Å². The molecular weight excluding hydrogens is 507 g/mol. The zero-order valence-electron chi connectivity index (χ0n) is 20.4. The molecule has 2 aromatic rings. The summed E-state index contributed by atoms with van der Waals surface area (Å²) in [4.78, 5) is 9.10. The van der Waals surface area contributed by atoms with Crippen molar-refractivity contribution >= 4 is 34.9 Å². The minimum absolute atomic E-state index is 0.0653. The molecule has 5 atom stereocenters. The lowest BCUT2D eigenvalue weighted by Crippen LogP contribution is -2.82. The second-order valence-corrected chi connectivity index (χ2v) is 10.9. The number of aliphatic hydroxyl groups is 2. The van der Waals surface area contributed by atoms with Gasteiger partial charge in [0.1, 0.15) is 36.5 Å². The molecule has 0 amide bonds. The molecule has 1 aromatic heterocycles. The number of nitrogens with two attached hydrogens (primary N) is 1. The van der Waals surface area contributed by atoms with E-state index < -0.39 is 17.8 Å². The second kappa shape index (κ2) is 9.33. The maximum atomic E-state index is 15.1. The molecule has 0 bridgehead atoms. The Hall–Kier alpha value is -2.54. The lowest BCUT2D eigenvalue weighted by Gasteiger charge is -2.19. The molecule has 37 heavy (non-hydrogen) atoms. The third-order valence-electron chi connectivity index (χ3n) is 6.87. The molecule has 5 N–H and O–H groups in total. The van der Waals surface area contributed by atoms with E-state index in [1.165, 1.54) is 6.07 Å². The fourth-order valence-electron chi connectivity index (χ4n) is 5.16. The van der Waals surface area contributed by atoms with Crippen molar-refractivity contribution in [3.63, 3.8) is 0 Å². The number of nitrogens with zero attached hydrogens (tertiary/aromatic N) is 2. The van der Waals surface area contributed by atoms with E-state index in [2.05, 4.69) is 15.3 Å². The van der Waals surface area contributed by atoms with Gasteiger partial charge in [0.05, 0.1) is 29.9 Å². The summed E-state index contributed by atoms with van der Waals surface area (Å²) >= 11 is 6.52. The SMILES string of the molecule is CC(C)(O)COc1cc(F)c2c(c1)CCC2Nc1nc2c(cc1Cl)N=C(O[C@@H]1COC3C1OC[C@H]3O)[NH2+]2. The summed E-state index contributed by atoms with van der Waals surface area (Å²) in [7, 11) is 0. The number of benzene rings is 1. The second-order valence-electron chi connectivity index (χ2n) is 10.5. The lowest BCUT2D eigenvalue weighted by atomic mass is 10.1. The Balaban J connectivity index is 1.13. The van der Waals surface area contributed by atoms with Crippen LogP contribution in [0.25, 0.3) is 0 Å². The molecule has 12 heteroatoms. The Morgan fingerprint density at radius 2 is 2.05 bits per heavy atom. The number of aromatic nitrogens is 1. The van der Waals surface area contributed by atoms with E-state index in [0.717, 1.165) is 5.56 Å². The number of anilines is 1. The molecule has 2 fully saturated rings. The number of ether oxygens (including phenoxy) is 4. The van der Waals surface area contributed by atoms with Crippen molar-refractivity contribution in [3.05, 3.63) is 40.2 Å². The first-order chi connectivity index (χ1) is 17.6. The smallest absolute Gasteiger partial charge is 0.403 e. The van der Waals surface area contributed by atoms with E-state index in [1.54, 1.807) is 25.2 Å². The molecule has 2 saturated heterocycles. The number of amidine groups is 1. The Morgan fingerprint density at radius 1 is 1.24 bits per heavy atom. The van der Waals surface area contributed by atoms with Gasteiger partial charge in [-0.15, -0.1) is 0 Å². The van der Waals surface area contributed by atoms with Crippen molar-refractivity contribution in [2.24, 2.45) is 4.99 Å². The number of nitrogens with one attached hydrogen (secondary N) is 1. The fourth-order valence-corrected chi connectivity index (χ4v) is 5.36. The molecule has 1 aromatic carbocycles. The fraction of sp³-hybridized carbons (Fsp3) is 0.520. The van der Waals surface area contributed by atoms with Gasteiger partial charge in [0.25, 0.3) is 5.82 Å². The zero-order chi connectivity index (χ0) is 25.9. The molecule has 1 aliphatic carbocycles. The Kier molecular flexibility index (Phi) is 6.25. The van der Waals surface area contributed by atoms with Gasteiger partial charge in [-0.25, -0.2) is 9.71 Å². The van der Waals surface area contributed by atoms with Crippen LogP contribution in [0.1, 0.15) is 37.4 Å². The highest BCUT2D eigenvalue weighted by Crippen LogP contribution is 2.40. The van der Waals surface area contributed by atoms with E-state index in [9.17, 15) is 10.2 Å². The Labute approximate surface area is 217 Å². The summed E-state index contributed by atoms with van der Waals surface area (Å²) in [6.45, 7) is 3.85. The number of fused-ring (bicyclic) bond motifs is 3. The minimum atomic E-state index is -1.01. The van der Waals surface area contributed by atoms with Crippen LogP contribution in [0.4, 0.5) is 21.7 Å². The predicted octanol–water partition coefficient (Wildman–Crippen LogP) is 1.86. The van der Waals surface area contributed by atoms with Crippen molar-refractivity contribution in [2.75, 3.05) is 25.1 Å². The first kappa shape index (κ1) is 24.8. The average molecular weight is 536 g/mol. The predicted molar refractivity (Wildman–Crippen MR) is 131 cm³/mol. The van der Waals surface area contributed by atoms with Gasteiger partial charge in [0.2, 0.25) is 0 Å². The van der Waals surface area contributed by atoms with Gasteiger partial charge >= 0.3 is 6.02 Å². The number of rotatable bonds is 6. The summed E-state index contributed by atoms with van der Waals surface area (Å²) in [5.74, 6) is 1.03. The molecule has 0 radical (unpaired) electrons. The van der Waals surface area contributed by atoms with E-state index in [4.69, 9.17) is 30.5 Å². The van der Waals surface area contributed by atoms with E-state index >= 15 is 4.39 Å². The molecule has 0 spiro atoms. The van der Waals surface area contributed by atoms with E-state index in [1.807, 2.05) is 6.07 Å². The van der Waals surface area contributed by atoms with Gasteiger partial charge in [-0.2, -0.15) is 9.98 Å². The summed E-state index contributed by atoms with van der Waals surface area (Å²) in [6.07, 6.45) is -0.437. The maximum absolute atomic E-state index is 15.1. The largest absolute Gasteiger partial charge is 0.491 e. The van der Waals surface area contributed by atoms with Crippen LogP contribution in [0, 0.1) is 5.82 Å². The van der Waals surface area contributed by atoms with Crippen LogP contribution in [0.2, 0.25) is 5.02 Å². The number of aryl methyl sites for hydroxylation is 1. The van der Waals surface area contributed by atoms with Gasteiger partial charge < -0.3 is 34.5 Å². The van der Waals surface area contributed by atoms with Crippen LogP contribution < -0.4 is 15.4 Å². The van der Waals surface area contributed by atoms with Crippen LogP contribution in [0.15, 0.2) is 23.2 Å². The number of aliphatic imine (C=N–C) groups is 1. The van der Waals surface area contributed by atoms with Crippen LogP contribution in [-0.4, -0.2) is 71.1 Å². The highest BCUT2D eigenvalue weighted by molar-refractivity contribution is 6.33. The topological polar surface area (TPSA) is 131 Å². The molecular formula is C25H29ClFN4O6+. The molecule has 0 saturated carbocycles.